The van der Waals surface area contributed by atoms with E-state index in [1.54, 1.807) is 0 Å². The molecule has 0 fully saturated rings. The fourth-order valence-electron chi connectivity index (χ4n) is 1.43. The number of rotatable bonds is 2. The monoisotopic (exact) mass is 238 g/mol. The van der Waals surface area contributed by atoms with Crippen molar-refractivity contribution in [2.45, 2.75) is 19.8 Å². The van der Waals surface area contributed by atoms with E-state index in [9.17, 15) is 0 Å². The third-order valence-electron chi connectivity index (χ3n) is 2.07. The number of hydrogen-bond acceptors (Lipinski definition) is 1. The lowest BCUT2D eigenvalue weighted by atomic mass is 10.2. The Morgan fingerprint density at radius 2 is 2.31 bits per heavy atom. The molecule has 0 unspecified atom stereocenters. The number of pyridine rings is 1. The number of fused-ring (bicyclic) bond motifs is 1. The molecule has 13 heavy (non-hydrogen) atoms. The highest BCUT2D eigenvalue weighted by Crippen LogP contribution is 2.17. The third kappa shape index (κ3) is 1.61. The van der Waals surface area contributed by atoms with E-state index in [0.717, 1.165) is 16.4 Å². The Morgan fingerprint density at radius 3 is 3.08 bits per heavy atom. The first kappa shape index (κ1) is 8.75. The Morgan fingerprint density at radius 1 is 1.46 bits per heavy atom. The van der Waals surface area contributed by atoms with Gasteiger partial charge in [-0.05, 0) is 34.0 Å². The fourth-order valence-corrected chi connectivity index (χ4v) is 1.84. The molecule has 0 radical (unpaired) electrons. The van der Waals surface area contributed by atoms with E-state index < -0.39 is 0 Å². The van der Waals surface area contributed by atoms with Gasteiger partial charge in [0.05, 0.1) is 16.2 Å². The van der Waals surface area contributed by atoms with E-state index >= 15 is 0 Å². The van der Waals surface area contributed by atoms with Crippen LogP contribution in [0.15, 0.2) is 29.0 Å². The molecule has 3 heteroatoms. The largest absolute Gasteiger partial charge is 0.240 e. The zero-order valence-electron chi connectivity index (χ0n) is 7.50. The summed E-state index contributed by atoms with van der Waals surface area (Å²) in [7, 11) is 0. The Hall–Kier alpha value is -0.830. The molecule has 2 aromatic rings. The summed E-state index contributed by atoms with van der Waals surface area (Å²) in [6.07, 6.45) is 6.20. The molecule has 0 amide bonds. The molecule has 2 heterocycles. The summed E-state index contributed by atoms with van der Waals surface area (Å²) >= 11 is 3.45. The molecule has 0 aliphatic carbocycles. The number of nitrogens with zero attached hydrogens (tertiary/aromatic N) is 2. The highest BCUT2D eigenvalue weighted by Gasteiger charge is 2.00. The summed E-state index contributed by atoms with van der Waals surface area (Å²) in [6.45, 7) is 2.18. The summed E-state index contributed by atoms with van der Waals surface area (Å²) in [6, 6.07) is 4.26. The second kappa shape index (κ2) is 3.50. The highest BCUT2D eigenvalue weighted by molar-refractivity contribution is 9.10. The van der Waals surface area contributed by atoms with Crippen molar-refractivity contribution in [2.75, 3.05) is 0 Å². The smallest absolute Gasteiger partial charge is 0.0804 e. The number of hydrogen-bond donors (Lipinski definition) is 0. The molecule has 2 nitrogen and oxygen atoms in total. The van der Waals surface area contributed by atoms with Crippen LogP contribution in [0.4, 0.5) is 0 Å². The molecular formula is C10H11BrN2. The fraction of sp³-hybridized carbons (Fsp3) is 0.300. The predicted octanol–water partition coefficient (Wildman–Crippen LogP) is 3.05. The van der Waals surface area contributed by atoms with Gasteiger partial charge in [-0.25, -0.2) is 4.52 Å². The molecule has 2 aromatic heterocycles. The Labute approximate surface area is 85.7 Å². The average molecular weight is 239 g/mol. The molecule has 0 bridgehead atoms. The van der Waals surface area contributed by atoms with Crippen molar-refractivity contribution in [1.29, 1.82) is 0 Å². The van der Waals surface area contributed by atoms with Crippen molar-refractivity contribution >= 4 is 21.4 Å². The van der Waals surface area contributed by atoms with Crippen LogP contribution >= 0.6 is 15.9 Å². The zero-order valence-corrected chi connectivity index (χ0v) is 9.08. The molecule has 0 N–H and O–H groups in total. The van der Waals surface area contributed by atoms with Crippen molar-refractivity contribution in [2.24, 2.45) is 0 Å². The second-order valence-corrected chi connectivity index (χ2v) is 3.96. The van der Waals surface area contributed by atoms with Crippen LogP contribution in [0.5, 0.6) is 0 Å². The molecule has 68 valence electrons. The SMILES string of the molecule is CCCc1ccc2c(Br)cnn2c1. The van der Waals surface area contributed by atoms with Crippen LogP contribution in [-0.4, -0.2) is 9.61 Å². The van der Waals surface area contributed by atoms with Crippen LogP contribution in [0, 0.1) is 0 Å². The van der Waals surface area contributed by atoms with Gasteiger partial charge in [0.2, 0.25) is 0 Å². The van der Waals surface area contributed by atoms with Crippen LogP contribution in [0.3, 0.4) is 0 Å². The molecule has 0 saturated carbocycles. The zero-order chi connectivity index (χ0) is 9.26. The van der Waals surface area contributed by atoms with Crippen LogP contribution in [0.25, 0.3) is 5.52 Å². The second-order valence-electron chi connectivity index (χ2n) is 3.11. The minimum Gasteiger partial charge on any atom is -0.240 e. The van der Waals surface area contributed by atoms with Gasteiger partial charge in [-0.2, -0.15) is 5.10 Å². The predicted molar refractivity (Wildman–Crippen MR) is 56.9 cm³/mol. The molecule has 2 rings (SSSR count). The topological polar surface area (TPSA) is 17.3 Å². The van der Waals surface area contributed by atoms with Crippen molar-refractivity contribution in [3.8, 4) is 0 Å². The van der Waals surface area contributed by atoms with E-state index in [0.29, 0.717) is 0 Å². The lowest BCUT2D eigenvalue weighted by Gasteiger charge is -1.99. The Bertz CT molecular complexity index is 420. The highest BCUT2D eigenvalue weighted by atomic mass is 79.9. The molecule has 0 spiro atoms. The van der Waals surface area contributed by atoms with Crippen molar-refractivity contribution < 1.29 is 0 Å². The van der Waals surface area contributed by atoms with Gasteiger partial charge in [0.1, 0.15) is 0 Å². The maximum Gasteiger partial charge on any atom is 0.0804 e. The number of aromatic nitrogens is 2. The van der Waals surface area contributed by atoms with Gasteiger partial charge in [-0.15, -0.1) is 0 Å². The lowest BCUT2D eigenvalue weighted by Crippen LogP contribution is -1.90. The minimum atomic E-state index is 1.05. The summed E-state index contributed by atoms with van der Waals surface area (Å²) < 4.78 is 2.96. The number of aryl methyl sites for hydroxylation is 1. The Balaban J connectivity index is 2.50. The van der Waals surface area contributed by atoms with Gasteiger partial charge < -0.3 is 0 Å². The number of halogens is 1. The van der Waals surface area contributed by atoms with Gasteiger partial charge in [-0.3, -0.25) is 0 Å². The van der Waals surface area contributed by atoms with E-state index in [4.69, 9.17) is 0 Å². The molecular weight excluding hydrogens is 228 g/mol. The Kier molecular flexibility index (Phi) is 2.36. The lowest BCUT2D eigenvalue weighted by molar-refractivity contribution is 0.881. The van der Waals surface area contributed by atoms with Gasteiger partial charge in [-0.1, -0.05) is 19.4 Å². The van der Waals surface area contributed by atoms with Crippen molar-refractivity contribution in [3.05, 3.63) is 34.6 Å². The first-order valence-corrected chi connectivity index (χ1v) is 5.22. The summed E-state index contributed by atoms with van der Waals surface area (Å²) in [5.41, 5.74) is 2.46. The van der Waals surface area contributed by atoms with Crippen LogP contribution in [-0.2, 0) is 6.42 Å². The average Bonchev–Trinajstić information content (AvgIpc) is 2.48. The van der Waals surface area contributed by atoms with E-state index in [1.807, 2.05) is 10.7 Å². The molecule has 0 aliphatic heterocycles. The maximum absolute atomic E-state index is 4.23. The third-order valence-corrected chi connectivity index (χ3v) is 2.68. The standard InChI is InChI=1S/C10H11BrN2/c1-2-3-8-4-5-10-9(11)6-12-13(10)7-8/h4-7H,2-3H2,1H3. The molecule has 0 saturated heterocycles. The van der Waals surface area contributed by atoms with E-state index in [-0.39, 0.29) is 0 Å². The van der Waals surface area contributed by atoms with E-state index in [2.05, 4.69) is 46.3 Å². The molecule has 0 aliphatic rings. The quantitative estimate of drug-likeness (QED) is 0.787. The van der Waals surface area contributed by atoms with E-state index in [1.165, 1.54) is 12.0 Å². The summed E-state index contributed by atoms with van der Waals surface area (Å²) in [5.74, 6) is 0. The first-order chi connectivity index (χ1) is 6.31. The van der Waals surface area contributed by atoms with Crippen LogP contribution in [0.2, 0.25) is 0 Å². The van der Waals surface area contributed by atoms with Gasteiger partial charge in [0.15, 0.2) is 0 Å². The molecule has 0 aromatic carbocycles. The van der Waals surface area contributed by atoms with Gasteiger partial charge >= 0.3 is 0 Å². The first-order valence-electron chi connectivity index (χ1n) is 4.43. The van der Waals surface area contributed by atoms with Crippen molar-refractivity contribution in [3.63, 3.8) is 0 Å². The van der Waals surface area contributed by atoms with Crippen LogP contribution in [0.1, 0.15) is 18.9 Å². The summed E-state index contributed by atoms with van der Waals surface area (Å²) in [4.78, 5) is 0. The van der Waals surface area contributed by atoms with Crippen molar-refractivity contribution in [1.82, 2.24) is 9.61 Å². The summed E-state index contributed by atoms with van der Waals surface area (Å²) in [5, 5.41) is 4.23. The normalized spacial score (nSPS) is 10.9. The van der Waals surface area contributed by atoms with Gasteiger partial charge in [0, 0.05) is 6.20 Å². The minimum absolute atomic E-state index is 1.05. The maximum atomic E-state index is 4.23. The molecule has 0 atom stereocenters. The van der Waals surface area contributed by atoms with Gasteiger partial charge in [0.25, 0.3) is 0 Å². The van der Waals surface area contributed by atoms with Crippen LogP contribution < -0.4 is 0 Å².